The number of carbonyl (C=O) groups excluding carboxylic acids is 1. The summed E-state index contributed by atoms with van der Waals surface area (Å²) in [5.41, 5.74) is 6.02. The minimum atomic E-state index is -0.0294. The maximum atomic E-state index is 12.5. The Bertz CT molecular complexity index is 355. The number of nitrogens with one attached hydrogen (secondary N) is 1. The summed E-state index contributed by atoms with van der Waals surface area (Å²) in [6.45, 7) is 7.28. The van der Waals surface area contributed by atoms with Crippen LogP contribution in [-0.2, 0) is 9.53 Å². The van der Waals surface area contributed by atoms with E-state index in [-0.39, 0.29) is 29.5 Å². The van der Waals surface area contributed by atoms with Crippen molar-refractivity contribution in [1.29, 1.82) is 0 Å². The Morgan fingerprint density at radius 1 is 1.29 bits per heavy atom. The van der Waals surface area contributed by atoms with Crippen molar-refractivity contribution in [3.8, 4) is 0 Å². The molecule has 4 nitrogen and oxygen atoms in total. The van der Waals surface area contributed by atoms with E-state index in [4.69, 9.17) is 10.5 Å². The third-order valence-electron chi connectivity index (χ3n) is 5.73. The van der Waals surface area contributed by atoms with Gasteiger partial charge in [0.1, 0.15) is 0 Å². The molecule has 0 spiro atoms. The van der Waals surface area contributed by atoms with Crippen molar-refractivity contribution in [3.05, 3.63) is 0 Å². The number of hydrogen-bond donors (Lipinski definition) is 2. The standard InChI is InChI=1S/C17H32N2O2/c1-4-17(5-2)11-14(8-9-21-17)19-16(20)13-6-7-15(18)12(3)10-13/h12-15H,4-11,18H2,1-3H3,(H,19,20). The Labute approximate surface area is 129 Å². The van der Waals surface area contributed by atoms with Crippen LogP contribution in [0.1, 0.15) is 65.7 Å². The highest BCUT2D eigenvalue weighted by Gasteiger charge is 2.36. The quantitative estimate of drug-likeness (QED) is 0.838. The SMILES string of the molecule is CCC1(CC)CC(NC(=O)C2CCC(N)C(C)C2)CCO1. The largest absolute Gasteiger partial charge is 0.375 e. The Kier molecular flexibility index (Phi) is 5.67. The lowest BCUT2D eigenvalue weighted by Gasteiger charge is -2.41. The van der Waals surface area contributed by atoms with Crippen molar-refractivity contribution in [2.75, 3.05) is 6.61 Å². The summed E-state index contributed by atoms with van der Waals surface area (Å²) in [5, 5.41) is 3.29. The van der Waals surface area contributed by atoms with Crippen LogP contribution in [0.25, 0.3) is 0 Å². The maximum Gasteiger partial charge on any atom is 0.223 e. The van der Waals surface area contributed by atoms with Gasteiger partial charge in [0.25, 0.3) is 0 Å². The van der Waals surface area contributed by atoms with Gasteiger partial charge in [-0.05, 0) is 50.9 Å². The van der Waals surface area contributed by atoms with Crippen molar-refractivity contribution in [3.63, 3.8) is 0 Å². The molecule has 1 saturated heterocycles. The Morgan fingerprint density at radius 3 is 2.62 bits per heavy atom. The highest BCUT2D eigenvalue weighted by Crippen LogP contribution is 2.32. The van der Waals surface area contributed by atoms with Gasteiger partial charge in [-0.25, -0.2) is 0 Å². The highest BCUT2D eigenvalue weighted by molar-refractivity contribution is 5.79. The minimum absolute atomic E-state index is 0.0294. The zero-order valence-corrected chi connectivity index (χ0v) is 13.9. The molecule has 0 radical (unpaired) electrons. The lowest BCUT2D eigenvalue weighted by Crippen LogP contribution is -2.50. The fourth-order valence-electron chi connectivity index (χ4n) is 3.87. The zero-order valence-electron chi connectivity index (χ0n) is 13.9. The molecule has 4 heteroatoms. The molecular weight excluding hydrogens is 264 g/mol. The third kappa shape index (κ3) is 3.98. The number of hydrogen-bond acceptors (Lipinski definition) is 3. The molecule has 0 aromatic carbocycles. The van der Waals surface area contributed by atoms with Crippen LogP contribution in [0.2, 0.25) is 0 Å². The average Bonchev–Trinajstić information content (AvgIpc) is 2.50. The summed E-state index contributed by atoms with van der Waals surface area (Å²) in [6.07, 6.45) is 6.77. The lowest BCUT2D eigenvalue weighted by molar-refractivity contribution is -0.131. The number of ether oxygens (including phenoxy) is 1. The summed E-state index contributed by atoms with van der Waals surface area (Å²) in [7, 11) is 0. The van der Waals surface area contributed by atoms with Gasteiger partial charge in [-0.15, -0.1) is 0 Å². The molecule has 0 aromatic heterocycles. The highest BCUT2D eigenvalue weighted by atomic mass is 16.5. The van der Waals surface area contributed by atoms with Crippen LogP contribution in [-0.4, -0.2) is 30.2 Å². The first-order chi connectivity index (χ1) is 9.99. The van der Waals surface area contributed by atoms with Gasteiger partial charge in [0.15, 0.2) is 0 Å². The first kappa shape index (κ1) is 16.8. The van der Waals surface area contributed by atoms with Gasteiger partial charge >= 0.3 is 0 Å². The minimum Gasteiger partial charge on any atom is -0.375 e. The van der Waals surface area contributed by atoms with Crippen molar-refractivity contribution >= 4 is 5.91 Å². The monoisotopic (exact) mass is 296 g/mol. The summed E-state index contributed by atoms with van der Waals surface area (Å²) in [4.78, 5) is 12.5. The van der Waals surface area contributed by atoms with Crippen LogP contribution in [0.4, 0.5) is 0 Å². The van der Waals surface area contributed by atoms with Crippen LogP contribution < -0.4 is 11.1 Å². The summed E-state index contributed by atoms with van der Waals surface area (Å²) in [6, 6.07) is 0.544. The van der Waals surface area contributed by atoms with E-state index < -0.39 is 0 Å². The lowest BCUT2D eigenvalue weighted by atomic mass is 9.78. The molecule has 1 heterocycles. The van der Waals surface area contributed by atoms with Crippen LogP contribution in [0, 0.1) is 11.8 Å². The third-order valence-corrected chi connectivity index (χ3v) is 5.73. The van der Waals surface area contributed by atoms with Gasteiger partial charge in [0.05, 0.1) is 5.60 Å². The van der Waals surface area contributed by atoms with E-state index in [1.807, 2.05) is 0 Å². The second kappa shape index (κ2) is 7.10. The first-order valence-corrected chi connectivity index (χ1v) is 8.69. The van der Waals surface area contributed by atoms with E-state index in [1.54, 1.807) is 0 Å². The van der Waals surface area contributed by atoms with Gasteiger partial charge in [0, 0.05) is 24.6 Å². The summed E-state index contributed by atoms with van der Waals surface area (Å²) >= 11 is 0. The molecule has 1 saturated carbocycles. The van der Waals surface area contributed by atoms with Crippen molar-refractivity contribution in [2.24, 2.45) is 17.6 Å². The summed E-state index contributed by atoms with van der Waals surface area (Å²) in [5.74, 6) is 0.844. The number of amides is 1. The molecule has 0 bridgehead atoms. The van der Waals surface area contributed by atoms with Gasteiger partial charge in [-0.3, -0.25) is 4.79 Å². The average molecular weight is 296 g/mol. The molecule has 3 N–H and O–H groups in total. The van der Waals surface area contributed by atoms with Crippen molar-refractivity contribution < 1.29 is 9.53 Å². The second-order valence-corrected chi connectivity index (χ2v) is 7.09. The Hall–Kier alpha value is -0.610. The van der Waals surface area contributed by atoms with E-state index in [9.17, 15) is 4.79 Å². The van der Waals surface area contributed by atoms with E-state index >= 15 is 0 Å². The van der Waals surface area contributed by atoms with E-state index in [0.717, 1.165) is 51.6 Å². The van der Waals surface area contributed by atoms with Crippen LogP contribution in [0.5, 0.6) is 0 Å². The number of nitrogens with two attached hydrogens (primary N) is 1. The first-order valence-electron chi connectivity index (χ1n) is 8.69. The van der Waals surface area contributed by atoms with Crippen LogP contribution in [0.15, 0.2) is 0 Å². The molecule has 4 unspecified atom stereocenters. The maximum absolute atomic E-state index is 12.5. The molecule has 0 aromatic rings. The molecule has 2 aliphatic rings. The zero-order chi connectivity index (χ0) is 15.5. The number of carbonyl (C=O) groups is 1. The topological polar surface area (TPSA) is 64.4 Å². The second-order valence-electron chi connectivity index (χ2n) is 7.09. The normalized spacial score (nSPS) is 36.2. The number of rotatable bonds is 4. The smallest absolute Gasteiger partial charge is 0.223 e. The predicted octanol–water partition coefficient (Wildman–Crippen LogP) is 2.60. The van der Waals surface area contributed by atoms with E-state index in [2.05, 4.69) is 26.1 Å². The molecule has 2 fully saturated rings. The molecular formula is C17H32N2O2. The molecule has 1 aliphatic carbocycles. The predicted molar refractivity (Wildman–Crippen MR) is 84.9 cm³/mol. The van der Waals surface area contributed by atoms with Crippen LogP contribution in [0.3, 0.4) is 0 Å². The van der Waals surface area contributed by atoms with E-state index in [0.29, 0.717) is 5.92 Å². The van der Waals surface area contributed by atoms with Gasteiger partial charge in [0.2, 0.25) is 5.91 Å². The molecule has 122 valence electrons. The molecule has 4 atom stereocenters. The van der Waals surface area contributed by atoms with Gasteiger partial charge in [-0.2, -0.15) is 0 Å². The van der Waals surface area contributed by atoms with Gasteiger partial charge < -0.3 is 15.8 Å². The molecule has 21 heavy (non-hydrogen) atoms. The fraction of sp³-hybridized carbons (Fsp3) is 0.941. The fourth-order valence-corrected chi connectivity index (χ4v) is 3.87. The molecule has 1 amide bonds. The summed E-state index contributed by atoms with van der Waals surface area (Å²) < 4.78 is 5.98. The molecule has 1 aliphatic heterocycles. The molecule has 2 rings (SSSR count). The Morgan fingerprint density at radius 2 is 2.00 bits per heavy atom. The van der Waals surface area contributed by atoms with Crippen LogP contribution >= 0.6 is 0 Å². The Balaban J connectivity index is 1.87. The van der Waals surface area contributed by atoms with Crippen molar-refractivity contribution in [1.82, 2.24) is 5.32 Å². The van der Waals surface area contributed by atoms with Crippen molar-refractivity contribution in [2.45, 2.75) is 83.4 Å². The van der Waals surface area contributed by atoms with E-state index in [1.165, 1.54) is 0 Å². The van der Waals surface area contributed by atoms with Gasteiger partial charge in [-0.1, -0.05) is 20.8 Å².